The summed E-state index contributed by atoms with van der Waals surface area (Å²) < 4.78 is 13.9. The van der Waals surface area contributed by atoms with Crippen LogP contribution in [0, 0.1) is 11.7 Å². The van der Waals surface area contributed by atoms with Crippen molar-refractivity contribution in [1.82, 2.24) is 20.2 Å². The average molecular weight is 446 g/mol. The van der Waals surface area contributed by atoms with Crippen molar-refractivity contribution in [2.45, 2.75) is 45.2 Å². The summed E-state index contributed by atoms with van der Waals surface area (Å²) in [6.45, 7) is 7.70. The van der Waals surface area contributed by atoms with Crippen molar-refractivity contribution in [3.05, 3.63) is 52.6 Å². The lowest BCUT2D eigenvalue weighted by molar-refractivity contribution is -0.125. The van der Waals surface area contributed by atoms with Gasteiger partial charge in [-0.3, -0.25) is 9.69 Å². The Morgan fingerprint density at radius 2 is 2.03 bits per heavy atom. The van der Waals surface area contributed by atoms with Gasteiger partial charge in [-0.2, -0.15) is 0 Å². The predicted molar refractivity (Wildman–Crippen MR) is 120 cm³/mol. The van der Waals surface area contributed by atoms with Gasteiger partial charge in [0.2, 0.25) is 11.9 Å². The molecule has 2 aliphatic rings. The van der Waals surface area contributed by atoms with Crippen LogP contribution in [0.1, 0.15) is 43.9 Å². The van der Waals surface area contributed by atoms with Gasteiger partial charge in [0.15, 0.2) is 0 Å². The second-order valence-corrected chi connectivity index (χ2v) is 9.20. The molecule has 6 nitrogen and oxygen atoms in total. The van der Waals surface area contributed by atoms with Gasteiger partial charge in [-0.1, -0.05) is 17.7 Å². The first kappa shape index (κ1) is 22.0. The van der Waals surface area contributed by atoms with Gasteiger partial charge < -0.3 is 10.2 Å². The lowest BCUT2D eigenvalue weighted by Crippen LogP contribution is -2.38. The summed E-state index contributed by atoms with van der Waals surface area (Å²) in [7, 11) is 0. The lowest BCUT2D eigenvalue weighted by Gasteiger charge is -2.21. The van der Waals surface area contributed by atoms with Gasteiger partial charge in [-0.05, 0) is 50.5 Å². The maximum Gasteiger partial charge on any atom is 0.225 e. The molecule has 0 radical (unpaired) electrons. The van der Waals surface area contributed by atoms with Gasteiger partial charge in [-0.25, -0.2) is 14.4 Å². The van der Waals surface area contributed by atoms with Crippen molar-refractivity contribution in [2.75, 3.05) is 31.1 Å². The smallest absolute Gasteiger partial charge is 0.225 e. The molecule has 2 fully saturated rings. The molecule has 4 rings (SSSR count). The molecule has 1 aromatic carbocycles. The molecule has 0 saturated carbocycles. The van der Waals surface area contributed by atoms with Crippen molar-refractivity contribution in [1.29, 1.82) is 0 Å². The number of carbonyl (C=O) groups excluding carboxylic acids is 1. The third-order valence-electron chi connectivity index (χ3n) is 5.99. The van der Waals surface area contributed by atoms with E-state index in [9.17, 15) is 9.18 Å². The molecule has 0 bridgehead atoms. The van der Waals surface area contributed by atoms with Gasteiger partial charge in [0.1, 0.15) is 5.82 Å². The molecule has 8 heteroatoms. The second-order valence-electron chi connectivity index (χ2n) is 8.79. The molecule has 1 amide bonds. The standard InChI is InChI=1S/C23H29ClFN5O/c1-15(2)27-22(31)18-14-29(12-16-5-6-19(24)20(25)11-16)13-17(18)21-7-8-26-23(28-21)30-9-3-4-10-30/h5-8,11,15,17-18H,3-4,9-10,12-14H2,1-2H3,(H,27,31)/t17-,18-/m1/s1. The number of nitrogens with zero attached hydrogens (tertiary/aromatic N) is 4. The molecule has 3 heterocycles. The largest absolute Gasteiger partial charge is 0.354 e. The highest BCUT2D eigenvalue weighted by atomic mass is 35.5. The zero-order valence-corrected chi connectivity index (χ0v) is 18.8. The van der Waals surface area contributed by atoms with E-state index in [-0.39, 0.29) is 28.8 Å². The van der Waals surface area contributed by atoms with E-state index in [4.69, 9.17) is 16.6 Å². The lowest BCUT2D eigenvalue weighted by atomic mass is 9.91. The molecule has 0 unspecified atom stereocenters. The SMILES string of the molecule is CC(C)NC(=O)[C@@H]1CN(Cc2ccc(Cl)c(F)c2)C[C@H]1c1ccnc(N2CCCC2)n1. The Labute approximate surface area is 187 Å². The molecule has 2 aromatic rings. The van der Waals surface area contributed by atoms with E-state index in [1.807, 2.05) is 26.0 Å². The van der Waals surface area contributed by atoms with Gasteiger partial charge >= 0.3 is 0 Å². The first-order valence-corrected chi connectivity index (χ1v) is 11.3. The van der Waals surface area contributed by atoms with Gasteiger partial charge in [0.05, 0.1) is 16.6 Å². The van der Waals surface area contributed by atoms with Crippen molar-refractivity contribution in [3.8, 4) is 0 Å². The van der Waals surface area contributed by atoms with Crippen LogP contribution in [0.5, 0.6) is 0 Å². The van der Waals surface area contributed by atoms with Crippen LogP contribution in [-0.4, -0.2) is 53.0 Å². The molecule has 1 aromatic heterocycles. The minimum Gasteiger partial charge on any atom is -0.354 e. The number of hydrogen-bond donors (Lipinski definition) is 1. The number of halogens is 2. The van der Waals surface area contributed by atoms with Crippen molar-refractivity contribution in [3.63, 3.8) is 0 Å². The maximum absolute atomic E-state index is 13.9. The van der Waals surface area contributed by atoms with Crippen LogP contribution >= 0.6 is 11.6 Å². The Morgan fingerprint density at radius 1 is 1.26 bits per heavy atom. The number of rotatable bonds is 6. The molecule has 0 spiro atoms. The number of nitrogens with one attached hydrogen (secondary N) is 1. The summed E-state index contributed by atoms with van der Waals surface area (Å²) in [5.74, 6) is 0.0959. The van der Waals surface area contributed by atoms with E-state index in [0.29, 0.717) is 19.6 Å². The molecular weight excluding hydrogens is 417 g/mol. The highest BCUT2D eigenvalue weighted by Gasteiger charge is 2.39. The minimum absolute atomic E-state index is 0.0334. The zero-order valence-electron chi connectivity index (χ0n) is 18.0. The van der Waals surface area contributed by atoms with Crippen LogP contribution in [0.25, 0.3) is 0 Å². The van der Waals surface area contributed by atoms with Crippen LogP contribution in [0.15, 0.2) is 30.5 Å². The quantitative estimate of drug-likeness (QED) is 0.736. The number of carbonyl (C=O) groups is 1. The Bertz CT molecular complexity index is 934. The molecule has 2 aliphatic heterocycles. The number of likely N-dealkylation sites (tertiary alicyclic amines) is 1. The molecule has 31 heavy (non-hydrogen) atoms. The third kappa shape index (κ3) is 5.15. The summed E-state index contributed by atoms with van der Waals surface area (Å²) in [6.07, 6.45) is 4.11. The third-order valence-corrected chi connectivity index (χ3v) is 6.29. The first-order valence-electron chi connectivity index (χ1n) is 11.0. The number of benzene rings is 1. The van der Waals surface area contributed by atoms with Crippen molar-refractivity contribution >= 4 is 23.5 Å². The highest BCUT2D eigenvalue weighted by Crippen LogP contribution is 2.34. The van der Waals surface area contributed by atoms with Crippen molar-refractivity contribution < 1.29 is 9.18 Å². The number of anilines is 1. The minimum atomic E-state index is -0.421. The summed E-state index contributed by atoms with van der Waals surface area (Å²) in [5.41, 5.74) is 1.73. The Kier molecular flexibility index (Phi) is 6.72. The van der Waals surface area contributed by atoms with Crippen LogP contribution in [0.3, 0.4) is 0 Å². The van der Waals surface area contributed by atoms with E-state index in [1.165, 1.54) is 6.07 Å². The molecule has 2 atom stereocenters. The van der Waals surface area contributed by atoms with Gasteiger partial charge in [-0.15, -0.1) is 0 Å². The average Bonchev–Trinajstić information content (AvgIpc) is 3.41. The fourth-order valence-electron chi connectivity index (χ4n) is 4.51. The summed E-state index contributed by atoms with van der Waals surface area (Å²) >= 11 is 5.82. The van der Waals surface area contributed by atoms with Crippen LogP contribution in [0.2, 0.25) is 5.02 Å². The van der Waals surface area contributed by atoms with E-state index in [2.05, 4.69) is 20.1 Å². The van der Waals surface area contributed by atoms with E-state index in [1.54, 1.807) is 12.3 Å². The Hall–Kier alpha value is -2.25. The van der Waals surface area contributed by atoms with E-state index in [0.717, 1.165) is 43.1 Å². The molecule has 1 N–H and O–H groups in total. The van der Waals surface area contributed by atoms with E-state index < -0.39 is 5.82 Å². The predicted octanol–water partition coefficient (Wildman–Crippen LogP) is 3.61. The highest BCUT2D eigenvalue weighted by molar-refractivity contribution is 6.30. The van der Waals surface area contributed by atoms with Gasteiger partial charge in [0, 0.05) is 50.9 Å². The summed E-state index contributed by atoms with van der Waals surface area (Å²) in [6, 6.07) is 6.87. The number of amides is 1. The zero-order chi connectivity index (χ0) is 22.0. The number of aromatic nitrogens is 2. The normalized spacial score (nSPS) is 21.8. The maximum atomic E-state index is 13.9. The summed E-state index contributed by atoms with van der Waals surface area (Å²) in [5, 5.41) is 3.18. The first-order chi connectivity index (χ1) is 14.9. The van der Waals surface area contributed by atoms with Crippen LogP contribution in [0.4, 0.5) is 10.3 Å². The second kappa shape index (κ2) is 9.49. The fourth-order valence-corrected chi connectivity index (χ4v) is 4.62. The van der Waals surface area contributed by atoms with E-state index >= 15 is 0 Å². The molecule has 166 valence electrons. The molecule has 2 saturated heterocycles. The van der Waals surface area contributed by atoms with Gasteiger partial charge in [0.25, 0.3) is 0 Å². The van der Waals surface area contributed by atoms with Crippen LogP contribution < -0.4 is 10.2 Å². The molecular formula is C23H29ClFN5O. The molecule has 0 aliphatic carbocycles. The Morgan fingerprint density at radius 3 is 2.74 bits per heavy atom. The Balaban J connectivity index is 1.56. The van der Waals surface area contributed by atoms with Crippen molar-refractivity contribution in [2.24, 2.45) is 5.92 Å². The van der Waals surface area contributed by atoms with Crippen LogP contribution in [-0.2, 0) is 11.3 Å². The fraction of sp³-hybridized carbons (Fsp3) is 0.522. The monoisotopic (exact) mass is 445 g/mol. The summed E-state index contributed by atoms with van der Waals surface area (Å²) in [4.78, 5) is 26.7. The topological polar surface area (TPSA) is 61.4 Å². The number of hydrogen-bond acceptors (Lipinski definition) is 5.